The molecule has 1 heterocycles. The Morgan fingerprint density at radius 3 is 2.42 bits per heavy atom. The van der Waals surface area contributed by atoms with Crippen LogP contribution in [0.15, 0.2) is 11.6 Å². The second-order valence-corrected chi connectivity index (χ2v) is 9.29. The zero-order chi connectivity index (χ0) is 18.9. The summed E-state index contributed by atoms with van der Waals surface area (Å²) < 4.78 is 16.7. The fourth-order valence-electron chi connectivity index (χ4n) is 3.85. The Kier molecular flexibility index (Phi) is 5.48. The van der Waals surface area contributed by atoms with Crippen LogP contribution in [0.2, 0.25) is 0 Å². The van der Waals surface area contributed by atoms with Crippen molar-refractivity contribution in [1.82, 2.24) is 0 Å². The van der Waals surface area contributed by atoms with Gasteiger partial charge in [0, 0.05) is 5.41 Å². The average molecular weight is 364 g/mol. The fourth-order valence-corrected chi connectivity index (χ4v) is 3.85. The Morgan fingerprint density at radius 2 is 1.85 bits per heavy atom. The van der Waals surface area contributed by atoms with Crippen LogP contribution in [-0.2, 0) is 23.8 Å². The number of allylic oxidation sites excluding steroid dienone is 2. The molecule has 3 rings (SSSR count). The van der Waals surface area contributed by atoms with E-state index in [1.807, 2.05) is 13.8 Å². The van der Waals surface area contributed by atoms with E-state index in [0.29, 0.717) is 0 Å². The predicted octanol–water partition coefficient (Wildman–Crippen LogP) is 3.80. The van der Waals surface area contributed by atoms with E-state index >= 15 is 0 Å². The summed E-state index contributed by atoms with van der Waals surface area (Å²) in [5, 5.41) is 0. The number of carbonyl (C=O) groups excluding carboxylic acids is 2. The monoisotopic (exact) mass is 364 g/mol. The summed E-state index contributed by atoms with van der Waals surface area (Å²) in [5.74, 6) is -0.376. The predicted molar refractivity (Wildman–Crippen MR) is 97.4 cm³/mol. The summed E-state index contributed by atoms with van der Waals surface area (Å²) in [4.78, 5) is 24.6. The van der Waals surface area contributed by atoms with Crippen LogP contribution in [0.4, 0.5) is 0 Å². The lowest BCUT2D eigenvalue weighted by atomic mass is 9.83. The first kappa shape index (κ1) is 19.4. The van der Waals surface area contributed by atoms with Gasteiger partial charge in [0.15, 0.2) is 0 Å². The van der Waals surface area contributed by atoms with Gasteiger partial charge in [-0.2, -0.15) is 0 Å². The number of hydrogen-bond donors (Lipinski definition) is 0. The molecule has 0 amide bonds. The zero-order valence-electron chi connectivity index (χ0n) is 16.5. The van der Waals surface area contributed by atoms with Gasteiger partial charge in [-0.15, -0.1) is 0 Å². The molecule has 5 heteroatoms. The number of rotatable bonds is 6. The maximum absolute atomic E-state index is 12.3. The number of esters is 2. The number of hydrogen-bond acceptors (Lipinski definition) is 5. The molecular formula is C21H32O5. The number of fused-ring (bicyclic) bond motifs is 1. The van der Waals surface area contributed by atoms with E-state index in [1.165, 1.54) is 5.57 Å². The molecule has 0 spiro atoms. The molecular weight excluding hydrogens is 332 g/mol. The van der Waals surface area contributed by atoms with Gasteiger partial charge in [0.05, 0.1) is 36.8 Å². The third-order valence-electron chi connectivity index (χ3n) is 6.04. The molecule has 1 saturated carbocycles. The summed E-state index contributed by atoms with van der Waals surface area (Å²) >= 11 is 0. The molecule has 5 nitrogen and oxygen atoms in total. The molecule has 0 aromatic heterocycles. The second kappa shape index (κ2) is 7.34. The summed E-state index contributed by atoms with van der Waals surface area (Å²) in [7, 11) is 0. The maximum Gasteiger partial charge on any atom is 0.309 e. The lowest BCUT2D eigenvalue weighted by Gasteiger charge is -2.27. The maximum atomic E-state index is 12.3. The molecule has 0 bridgehead atoms. The topological polar surface area (TPSA) is 65.1 Å². The van der Waals surface area contributed by atoms with Gasteiger partial charge in [-0.1, -0.05) is 25.5 Å². The van der Waals surface area contributed by atoms with Gasteiger partial charge in [0.2, 0.25) is 0 Å². The standard InChI is InChI=1S/C21H32O5/c1-14-5-7-15(8-6-14)18(22)24-12-20(2,3)13-25-19(23)16-9-10-21(4)17(11-16)26-21/h5,15-17H,6-13H2,1-4H3. The smallest absolute Gasteiger partial charge is 0.309 e. The highest BCUT2D eigenvalue weighted by molar-refractivity contribution is 5.73. The Balaban J connectivity index is 1.38. The van der Waals surface area contributed by atoms with Crippen LogP contribution in [0.3, 0.4) is 0 Å². The quantitative estimate of drug-likeness (QED) is 0.407. The van der Waals surface area contributed by atoms with Crippen LogP contribution in [-0.4, -0.2) is 36.9 Å². The van der Waals surface area contributed by atoms with Crippen molar-refractivity contribution in [3.05, 3.63) is 11.6 Å². The van der Waals surface area contributed by atoms with E-state index < -0.39 is 0 Å². The van der Waals surface area contributed by atoms with Crippen molar-refractivity contribution >= 4 is 11.9 Å². The first-order chi connectivity index (χ1) is 12.2. The van der Waals surface area contributed by atoms with Gasteiger partial charge in [0.25, 0.3) is 0 Å². The van der Waals surface area contributed by atoms with Crippen LogP contribution in [0, 0.1) is 17.3 Å². The van der Waals surface area contributed by atoms with Gasteiger partial charge in [-0.25, -0.2) is 0 Å². The number of ether oxygens (including phenoxy) is 3. The minimum absolute atomic E-state index is 0.0110. The van der Waals surface area contributed by atoms with Gasteiger partial charge in [0.1, 0.15) is 0 Å². The summed E-state index contributed by atoms with van der Waals surface area (Å²) in [6.07, 6.45) is 7.45. The highest BCUT2D eigenvalue weighted by atomic mass is 16.6. The molecule has 4 atom stereocenters. The third kappa shape index (κ3) is 4.67. The Morgan fingerprint density at radius 1 is 1.19 bits per heavy atom. The minimum atomic E-state index is -0.384. The summed E-state index contributed by atoms with van der Waals surface area (Å²) in [6, 6.07) is 0. The Labute approximate surface area is 156 Å². The van der Waals surface area contributed by atoms with Gasteiger partial charge < -0.3 is 14.2 Å². The van der Waals surface area contributed by atoms with E-state index in [0.717, 1.165) is 38.5 Å². The first-order valence-electron chi connectivity index (χ1n) is 9.85. The number of carbonyl (C=O) groups is 2. The van der Waals surface area contributed by atoms with Crippen LogP contribution < -0.4 is 0 Å². The molecule has 26 heavy (non-hydrogen) atoms. The molecule has 146 valence electrons. The van der Waals surface area contributed by atoms with E-state index in [9.17, 15) is 9.59 Å². The molecule has 4 unspecified atom stereocenters. The highest BCUT2D eigenvalue weighted by Gasteiger charge is 2.56. The Bertz CT molecular complexity index is 593. The van der Waals surface area contributed by atoms with Crippen molar-refractivity contribution in [2.75, 3.05) is 13.2 Å². The van der Waals surface area contributed by atoms with Crippen molar-refractivity contribution < 1.29 is 23.8 Å². The molecule has 0 N–H and O–H groups in total. The molecule has 3 aliphatic rings. The Hall–Kier alpha value is -1.36. The van der Waals surface area contributed by atoms with Crippen LogP contribution in [0.25, 0.3) is 0 Å². The van der Waals surface area contributed by atoms with E-state index in [2.05, 4.69) is 19.9 Å². The molecule has 2 aliphatic carbocycles. The molecule has 2 fully saturated rings. The minimum Gasteiger partial charge on any atom is -0.465 e. The van der Waals surface area contributed by atoms with Crippen LogP contribution in [0.5, 0.6) is 0 Å². The average Bonchev–Trinajstić information content (AvgIpc) is 3.29. The molecule has 1 aliphatic heterocycles. The SMILES string of the molecule is CC1=CCC(C(=O)OCC(C)(C)COC(=O)C2CCC3(C)OC3C2)CC1. The van der Waals surface area contributed by atoms with Crippen molar-refractivity contribution in [1.29, 1.82) is 0 Å². The van der Waals surface area contributed by atoms with Crippen LogP contribution in [0.1, 0.15) is 66.2 Å². The lowest BCUT2D eigenvalue weighted by molar-refractivity contribution is -0.158. The van der Waals surface area contributed by atoms with Crippen molar-refractivity contribution in [2.24, 2.45) is 17.3 Å². The first-order valence-corrected chi connectivity index (χ1v) is 9.85. The van der Waals surface area contributed by atoms with Gasteiger partial charge in [-0.05, 0) is 52.4 Å². The lowest BCUT2D eigenvalue weighted by Crippen LogP contribution is -2.33. The molecule has 1 saturated heterocycles. The van der Waals surface area contributed by atoms with Gasteiger partial charge in [-0.3, -0.25) is 9.59 Å². The third-order valence-corrected chi connectivity index (χ3v) is 6.04. The normalized spacial score (nSPS) is 33.7. The molecule has 0 radical (unpaired) electrons. The highest BCUT2D eigenvalue weighted by Crippen LogP contribution is 2.49. The summed E-state index contributed by atoms with van der Waals surface area (Å²) in [5.41, 5.74) is 0.975. The second-order valence-electron chi connectivity index (χ2n) is 9.29. The van der Waals surface area contributed by atoms with Crippen molar-refractivity contribution in [3.63, 3.8) is 0 Å². The van der Waals surface area contributed by atoms with E-state index in [1.54, 1.807) is 0 Å². The van der Waals surface area contributed by atoms with E-state index in [4.69, 9.17) is 14.2 Å². The van der Waals surface area contributed by atoms with Gasteiger partial charge >= 0.3 is 11.9 Å². The van der Waals surface area contributed by atoms with Crippen LogP contribution >= 0.6 is 0 Å². The number of epoxide rings is 1. The summed E-state index contributed by atoms with van der Waals surface area (Å²) in [6.45, 7) is 8.66. The largest absolute Gasteiger partial charge is 0.465 e. The molecule has 0 aromatic carbocycles. The fraction of sp³-hybridized carbons (Fsp3) is 0.810. The van der Waals surface area contributed by atoms with Crippen molar-refractivity contribution in [3.8, 4) is 0 Å². The van der Waals surface area contributed by atoms with Crippen molar-refractivity contribution in [2.45, 2.75) is 77.9 Å². The molecule has 0 aromatic rings. The zero-order valence-corrected chi connectivity index (χ0v) is 16.5. The van der Waals surface area contributed by atoms with E-state index in [-0.39, 0.29) is 54.1 Å².